The van der Waals surface area contributed by atoms with E-state index in [0.29, 0.717) is 19.7 Å². The second kappa shape index (κ2) is 5.10. The Labute approximate surface area is 100 Å². The molecule has 1 aliphatic heterocycles. The molecule has 0 amide bonds. The van der Waals surface area contributed by atoms with Gasteiger partial charge in [0, 0.05) is 24.7 Å². The molecule has 2 atom stereocenters. The molecule has 2 unspecified atom stereocenters. The van der Waals surface area contributed by atoms with Crippen LogP contribution in [0.2, 0.25) is 0 Å². The Hall–Kier alpha value is -1.00. The lowest BCUT2D eigenvalue weighted by atomic mass is 10.0. The highest BCUT2D eigenvalue weighted by Gasteiger charge is 2.26. The van der Waals surface area contributed by atoms with Gasteiger partial charge in [0.15, 0.2) is 0 Å². The summed E-state index contributed by atoms with van der Waals surface area (Å²) in [6.45, 7) is 5.83. The summed E-state index contributed by atoms with van der Waals surface area (Å²) < 4.78 is 32.7. The second-order valence-corrected chi connectivity index (χ2v) is 4.49. The summed E-state index contributed by atoms with van der Waals surface area (Å²) in [5.41, 5.74) is 0.154. The quantitative estimate of drug-likeness (QED) is 0.789. The van der Waals surface area contributed by atoms with Gasteiger partial charge in [-0.2, -0.15) is 0 Å². The zero-order valence-corrected chi connectivity index (χ0v) is 10.1. The van der Waals surface area contributed by atoms with Crippen molar-refractivity contribution in [2.24, 2.45) is 0 Å². The summed E-state index contributed by atoms with van der Waals surface area (Å²) in [4.78, 5) is 2.05. The lowest BCUT2D eigenvalue weighted by Crippen LogP contribution is -2.42. The normalized spacial score (nSPS) is 23.6. The molecule has 0 aromatic heterocycles. The number of nitrogens with zero attached hydrogens (tertiary/aromatic N) is 1. The summed E-state index contributed by atoms with van der Waals surface area (Å²) in [6, 6.07) is 3.74. The maximum absolute atomic E-state index is 13.7. The third-order valence-electron chi connectivity index (χ3n) is 3.24. The third-order valence-corrected chi connectivity index (χ3v) is 3.24. The van der Waals surface area contributed by atoms with Crippen LogP contribution in [0, 0.1) is 11.6 Å². The van der Waals surface area contributed by atoms with Crippen molar-refractivity contribution in [3.63, 3.8) is 0 Å². The van der Waals surface area contributed by atoms with Crippen LogP contribution in [0.1, 0.15) is 25.5 Å². The highest BCUT2D eigenvalue weighted by Crippen LogP contribution is 2.27. The number of benzene rings is 1. The summed E-state index contributed by atoms with van der Waals surface area (Å²) in [5, 5.41) is 0. The first-order valence-corrected chi connectivity index (χ1v) is 5.89. The van der Waals surface area contributed by atoms with Crippen molar-refractivity contribution >= 4 is 0 Å². The fourth-order valence-corrected chi connectivity index (χ4v) is 2.29. The summed E-state index contributed by atoms with van der Waals surface area (Å²) >= 11 is 0. The first-order chi connectivity index (χ1) is 8.09. The van der Waals surface area contributed by atoms with Crippen LogP contribution in [0.5, 0.6) is 0 Å². The standard InChI is InChI=1S/C13H17F2NO/c1-9-8-16(6-7-17-9)10(2)13-11(14)4-3-5-12(13)15/h3-5,9-10H,6-8H2,1-2H3. The molecule has 17 heavy (non-hydrogen) atoms. The molecule has 0 saturated carbocycles. The van der Waals surface area contributed by atoms with E-state index < -0.39 is 11.6 Å². The van der Waals surface area contributed by atoms with E-state index in [1.807, 2.05) is 13.8 Å². The zero-order chi connectivity index (χ0) is 12.4. The molecule has 0 bridgehead atoms. The van der Waals surface area contributed by atoms with Gasteiger partial charge in [-0.25, -0.2) is 8.78 Å². The van der Waals surface area contributed by atoms with Crippen LogP contribution >= 0.6 is 0 Å². The van der Waals surface area contributed by atoms with Gasteiger partial charge in [0.25, 0.3) is 0 Å². The fraction of sp³-hybridized carbons (Fsp3) is 0.538. The molecule has 0 N–H and O–H groups in total. The highest BCUT2D eigenvalue weighted by molar-refractivity contribution is 5.23. The van der Waals surface area contributed by atoms with E-state index in [9.17, 15) is 8.78 Å². The molecule has 2 nitrogen and oxygen atoms in total. The minimum Gasteiger partial charge on any atom is -0.376 e. The summed E-state index contributed by atoms with van der Waals surface area (Å²) in [7, 11) is 0. The predicted octanol–water partition coefficient (Wildman–Crippen LogP) is 2.75. The number of hydrogen-bond acceptors (Lipinski definition) is 2. The van der Waals surface area contributed by atoms with Crippen molar-refractivity contribution in [3.05, 3.63) is 35.4 Å². The molecule has 1 heterocycles. The Morgan fingerprint density at radius 3 is 2.59 bits per heavy atom. The molecular weight excluding hydrogens is 224 g/mol. The molecule has 0 spiro atoms. The van der Waals surface area contributed by atoms with E-state index in [1.54, 1.807) is 0 Å². The first-order valence-electron chi connectivity index (χ1n) is 5.89. The van der Waals surface area contributed by atoms with Crippen LogP contribution in [0.15, 0.2) is 18.2 Å². The third kappa shape index (κ3) is 2.64. The van der Waals surface area contributed by atoms with Gasteiger partial charge < -0.3 is 4.74 Å². The Balaban J connectivity index is 2.21. The van der Waals surface area contributed by atoms with Gasteiger partial charge >= 0.3 is 0 Å². The molecule has 0 radical (unpaired) electrons. The van der Waals surface area contributed by atoms with Crippen LogP contribution < -0.4 is 0 Å². The van der Waals surface area contributed by atoms with Crippen LogP contribution in [0.4, 0.5) is 8.78 Å². The molecule has 2 rings (SSSR count). The summed E-state index contributed by atoms with van der Waals surface area (Å²) in [5.74, 6) is -0.951. The molecule has 4 heteroatoms. The van der Waals surface area contributed by atoms with Gasteiger partial charge in [0.1, 0.15) is 11.6 Å². The monoisotopic (exact) mass is 241 g/mol. The number of hydrogen-bond donors (Lipinski definition) is 0. The molecule has 1 saturated heterocycles. The molecule has 1 aromatic carbocycles. The van der Waals surface area contributed by atoms with Gasteiger partial charge in [-0.15, -0.1) is 0 Å². The van der Waals surface area contributed by atoms with Crippen molar-refractivity contribution in [1.82, 2.24) is 4.90 Å². The van der Waals surface area contributed by atoms with Crippen LogP contribution in [-0.4, -0.2) is 30.7 Å². The molecule has 1 fully saturated rings. The van der Waals surface area contributed by atoms with Gasteiger partial charge in [0.2, 0.25) is 0 Å². The zero-order valence-electron chi connectivity index (χ0n) is 10.1. The van der Waals surface area contributed by atoms with E-state index in [2.05, 4.69) is 4.90 Å². The van der Waals surface area contributed by atoms with Crippen molar-refractivity contribution in [3.8, 4) is 0 Å². The van der Waals surface area contributed by atoms with Gasteiger partial charge in [-0.05, 0) is 26.0 Å². The Kier molecular flexibility index (Phi) is 3.74. The molecule has 1 aromatic rings. The Bertz CT molecular complexity index is 377. The van der Waals surface area contributed by atoms with Gasteiger partial charge in [-0.1, -0.05) is 6.07 Å². The highest BCUT2D eigenvalue weighted by atomic mass is 19.1. The smallest absolute Gasteiger partial charge is 0.130 e. The van der Waals surface area contributed by atoms with E-state index in [1.165, 1.54) is 18.2 Å². The van der Waals surface area contributed by atoms with Crippen molar-refractivity contribution in [2.45, 2.75) is 26.0 Å². The number of halogens is 2. The van der Waals surface area contributed by atoms with Crippen LogP contribution in [0.25, 0.3) is 0 Å². The van der Waals surface area contributed by atoms with Gasteiger partial charge in [0.05, 0.1) is 12.7 Å². The minimum atomic E-state index is -0.475. The SMILES string of the molecule is CC1CN(C(C)c2c(F)cccc2F)CCO1. The van der Waals surface area contributed by atoms with E-state index in [-0.39, 0.29) is 17.7 Å². The Morgan fingerprint density at radius 1 is 1.35 bits per heavy atom. The predicted molar refractivity (Wildman–Crippen MR) is 61.8 cm³/mol. The van der Waals surface area contributed by atoms with Crippen molar-refractivity contribution in [1.29, 1.82) is 0 Å². The fourth-order valence-electron chi connectivity index (χ4n) is 2.29. The molecule has 94 valence electrons. The Morgan fingerprint density at radius 2 is 2.00 bits per heavy atom. The van der Waals surface area contributed by atoms with Crippen molar-refractivity contribution in [2.75, 3.05) is 19.7 Å². The van der Waals surface area contributed by atoms with Crippen LogP contribution in [0.3, 0.4) is 0 Å². The number of ether oxygens (including phenoxy) is 1. The average molecular weight is 241 g/mol. The maximum Gasteiger partial charge on any atom is 0.130 e. The molecule has 0 aliphatic carbocycles. The number of rotatable bonds is 2. The summed E-state index contributed by atoms with van der Waals surface area (Å²) in [6.07, 6.45) is 0.112. The average Bonchev–Trinajstić information content (AvgIpc) is 2.28. The first kappa shape index (κ1) is 12.5. The second-order valence-electron chi connectivity index (χ2n) is 4.49. The molecule has 1 aliphatic rings. The topological polar surface area (TPSA) is 12.5 Å². The van der Waals surface area contributed by atoms with E-state index in [4.69, 9.17) is 4.74 Å². The van der Waals surface area contributed by atoms with Crippen molar-refractivity contribution < 1.29 is 13.5 Å². The number of morpholine rings is 1. The largest absolute Gasteiger partial charge is 0.376 e. The maximum atomic E-state index is 13.7. The van der Waals surface area contributed by atoms with E-state index >= 15 is 0 Å². The molecular formula is C13H17F2NO. The lowest BCUT2D eigenvalue weighted by molar-refractivity contribution is -0.0328. The van der Waals surface area contributed by atoms with Gasteiger partial charge in [-0.3, -0.25) is 4.90 Å². The van der Waals surface area contributed by atoms with Crippen LogP contribution in [-0.2, 0) is 4.74 Å². The van der Waals surface area contributed by atoms with E-state index in [0.717, 1.165) is 0 Å². The lowest BCUT2D eigenvalue weighted by Gasteiger charge is -2.35. The minimum absolute atomic E-state index is 0.112.